The van der Waals surface area contributed by atoms with E-state index in [9.17, 15) is 9.59 Å². The number of aromatic nitrogens is 1. The molecule has 0 bridgehead atoms. The summed E-state index contributed by atoms with van der Waals surface area (Å²) in [5.74, 6) is 0.490. The van der Waals surface area contributed by atoms with Crippen LogP contribution in [0.15, 0.2) is 18.2 Å². The summed E-state index contributed by atoms with van der Waals surface area (Å²) in [6.45, 7) is 4.90. The lowest BCUT2D eigenvalue weighted by Gasteiger charge is -2.31. The maximum atomic E-state index is 12.7. The molecule has 3 rings (SSSR count). The normalized spacial score (nSPS) is 16.4. The van der Waals surface area contributed by atoms with E-state index in [0.717, 1.165) is 17.5 Å². The first-order valence-electron chi connectivity index (χ1n) is 9.05. The number of anilines is 1. The molecule has 1 saturated heterocycles. The zero-order valence-electron chi connectivity index (χ0n) is 15.8. The number of hydrogen-bond acceptors (Lipinski definition) is 6. The van der Waals surface area contributed by atoms with Crippen LogP contribution in [-0.4, -0.2) is 53.2 Å². The average molecular weight is 391 g/mol. The van der Waals surface area contributed by atoms with Crippen LogP contribution < -0.4 is 15.8 Å². The maximum Gasteiger partial charge on any atom is 0.342 e. The van der Waals surface area contributed by atoms with Gasteiger partial charge in [0.25, 0.3) is 5.91 Å². The number of fused-ring (bicyclic) bond motifs is 1. The summed E-state index contributed by atoms with van der Waals surface area (Å²) >= 11 is 1.36. The molecular weight excluding hydrogens is 366 g/mol. The second-order valence-electron chi connectivity index (χ2n) is 6.61. The summed E-state index contributed by atoms with van der Waals surface area (Å²) in [7, 11) is 1.58. The van der Waals surface area contributed by atoms with E-state index in [1.54, 1.807) is 7.11 Å². The van der Waals surface area contributed by atoms with Gasteiger partial charge < -0.3 is 10.5 Å². The molecule has 2 heterocycles. The van der Waals surface area contributed by atoms with Crippen molar-refractivity contribution >= 4 is 38.6 Å². The molecular formula is C18H25N5O3S. The molecule has 1 aliphatic heterocycles. The Balaban J connectivity index is 1.74. The smallest absolute Gasteiger partial charge is 0.342 e. The fourth-order valence-electron chi connectivity index (χ4n) is 3.02. The number of nitrogens with two attached hydrogens (primary N) is 1. The van der Waals surface area contributed by atoms with E-state index in [1.165, 1.54) is 21.4 Å². The fourth-order valence-corrected chi connectivity index (χ4v) is 3.89. The van der Waals surface area contributed by atoms with Crippen LogP contribution in [0.25, 0.3) is 10.2 Å². The number of carbonyl (C=O) groups excluding carboxylic acids is 2. The first-order chi connectivity index (χ1) is 13.0. The van der Waals surface area contributed by atoms with Crippen molar-refractivity contribution < 1.29 is 14.3 Å². The summed E-state index contributed by atoms with van der Waals surface area (Å²) < 4.78 is 6.22. The third-order valence-corrected chi connectivity index (χ3v) is 5.81. The van der Waals surface area contributed by atoms with Crippen molar-refractivity contribution in [2.75, 3.05) is 25.5 Å². The van der Waals surface area contributed by atoms with E-state index >= 15 is 0 Å². The number of carbonyl (C=O) groups is 2. The summed E-state index contributed by atoms with van der Waals surface area (Å²) in [6, 6.07) is 4.62. The number of nitrogens with zero attached hydrogens (tertiary/aromatic N) is 3. The molecule has 0 aliphatic carbocycles. The Morgan fingerprint density at radius 3 is 2.81 bits per heavy atom. The van der Waals surface area contributed by atoms with Gasteiger partial charge in [-0.1, -0.05) is 37.7 Å². The van der Waals surface area contributed by atoms with Gasteiger partial charge in [0.15, 0.2) is 5.13 Å². The summed E-state index contributed by atoms with van der Waals surface area (Å²) in [5, 5.41) is 6.14. The molecule has 1 aliphatic rings. The number of para-hydroxylation sites is 1. The Labute approximate surface area is 162 Å². The molecule has 1 fully saturated rings. The van der Waals surface area contributed by atoms with Gasteiger partial charge in [-0.2, -0.15) is 0 Å². The Kier molecular flexibility index (Phi) is 5.81. The molecule has 2 atom stereocenters. The van der Waals surface area contributed by atoms with Gasteiger partial charge in [-0.3, -0.25) is 10.1 Å². The van der Waals surface area contributed by atoms with Gasteiger partial charge in [-0.25, -0.2) is 19.8 Å². The van der Waals surface area contributed by atoms with Crippen molar-refractivity contribution in [3.63, 3.8) is 0 Å². The zero-order chi connectivity index (χ0) is 19.6. The highest BCUT2D eigenvalue weighted by Gasteiger charge is 2.35. The summed E-state index contributed by atoms with van der Waals surface area (Å²) in [5.41, 5.74) is 6.78. The van der Waals surface area contributed by atoms with E-state index in [1.807, 2.05) is 32.0 Å². The second kappa shape index (κ2) is 8.10. The number of amides is 3. The van der Waals surface area contributed by atoms with Gasteiger partial charge >= 0.3 is 6.03 Å². The Morgan fingerprint density at radius 1 is 1.37 bits per heavy atom. The fraction of sp³-hybridized carbons (Fsp3) is 0.500. The predicted octanol–water partition coefficient (Wildman–Crippen LogP) is 2.66. The highest BCUT2D eigenvalue weighted by Crippen LogP contribution is 2.32. The lowest BCUT2D eigenvalue weighted by atomic mass is 9.99. The number of ether oxygens (including phenoxy) is 1. The minimum atomic E-state index is -0.616. The van der Waals surface area contributed by atoms with Gasteiger partial charge in [0.1, 0.15) is 11.3 Å². The topological polar surface area (TPSA) is 101 Å². The summed E-state index contributed by atoms with van der Waals surface area (Å²) in [4.78, 5) is 29.9. The number of urea groups is 1. The van der Waals surface area contributed by atoms with Crippen LogP contribution in [0.5, 0.6) is 5.75 Å². The third-order valence-electron chi connectivity index (χ3n) is 4.88. The lowest BCUT2D eigenvalue weighted by Crippen LogP contribution is -2.53. The zero-order valence-corrected chi connectivity index (χ0v) is 16.6. The Morgan fingerprint density at radius 2 is 2.11 bits per heavy atom. The lowest BCUT2D eigenvalue weighted by molar-refractivity contribution is -0.142. The number of hydrazine groups is 1. The van der Waals surface area contributed by atoms with Crippen LogP contribution in [0.1, 0.15) is 26.7 Å². The van der Waals surface area contributed by atoms with Crippen molar-refractivity contribution in [2.24, 2.45) is 11.7 Å². The van der Waals surface area contributed by atoms with E-state index in [-0.39, 0.29) is 17.9 Å². The minimum Gasteiger partial charge on any atom is -0.494 e. The second-order valence-corrected chi connectivity index (χ2v) is 7.64. The molecule has 1 aromatic carbocycles. The van der Waals surface area contributed by atoms with Crippen molar-refractivity contribution in [3.8, 4) is 5.75 Å². The molecule has 0 radical (unpaired) electrons. The first-order valence-corrected chi connectivity index (χ1v) is 9.86. The van der Waals surface area contributed by atoms with E-state index < -0.39 is 6.04 Å². The Hall–Kier alpha value is -2.39. The Bertz CT molecular complexity index is 840. The van der Waals surface area contributed by atoms with Gasteiger partial charge in [-0.15, -0.1) is 0 Å². The maximum absolute atomic E-state index is 12.7. The van der Waals surface area contributed by atoms with Gasteiger partial charge in [0.2, 0.25) is 0 Å². The van der Waals surface area contributed by atoms with Crippen LogP contribution in [-0.2, 0) is 4.79 Å². The number of benzene rings is 1. The molecule has 146 valence electrons. The van der Waals surface area contributed by atoms with E-state index in [2.05, 4.69) is 10.3 Å². The molecule has 0 spiro atoms. The average Bonchev–Trinajstić information content (AvgIpc) is 3.32. The van der Waals surface area contributed by atoms with E-state index in [4.69, 9.17) is 10.5 Å². The van der Waals surface area contributed by atoms with Crippen molar-refractivity contribution in [3.05, 3.63) is 18.2 Å². The molecule has 2 aromatic rings. The standard InChI is InChI=1S/C18H25N5O3S/c1-4-11(2)14(19)16(24)22-9-6-10-23(22)18(25)21-17-20-15-12(26-3)7-5-8-13(15)27-17/h5,7-8,11,14H,4,6,9-10,19H2,1-3H3,(H,20,21,25). The van der Waals surface area contributed by atoms with E-state index in [0.29, 0.717) is 29.5 Å². The predicted molar refractivity (Wildman–Crippen MR) is 106 cm³/mol. The van der Waals surface area contributed by atoms with Gasteiger partial charge in [-0.05, 0) is 24.5 Å². The molecule has 3 N–H and O–H groups in total. The number of nitrogens with one attached hydrogen (secondary N) is 1. The largest absolute Gasteiger partial charge is 0.494 e. The molecule has 8 nitrogen and oxygen atoms in total. The van der Waals surface area contributed by atoms with Gasteiger partial charge in [0.05, 0.1) is 17.9 Å². The molecule has 0 saturated carbocycles. The SMILES string of the molecule is CCC(C)C(N)C(=O)N1CCCN1C(=O)Nc1nc2c(OC)cccc2s1. The number of methoxy groups -OCH3 is 1. The van der Waals surface area contributed by atoms with Crippen molar-refractivity contribution in [1.82, 2.24) is 15.0 Å². The summed E-state index contributed by atoms with van der Waals surface area (Å²) in [6.07, 6.45) is 1.53. The van der Waals surface area contributed by atoms with Crippen LogP contribution in [0.2, 0.25) is 0 Å². The molecule has 9 heteroatoms. The highest BCUT2D eigenvalue weighted by atomic mass is 32.1. The van der Waals surface area contributed by atoms with Crippen molar-refractivity contribution in [1.29, 1.82) is 0 Å². The molecule has 2 unspecified atom stereocenters. The van der Waals surface area contributed by atoms with Crippen LogP contribution >= 0.6 is 11.3 Å². The quantitative estimate of drug-likeness (QED) is 0.816. The highest BCUT2D eigenvalue weighted by molar-refractivity contribution is 7.22. The molecule has 3 amide bonds. The monoisotopic (exact) mass is 391 g/mol. The number of hydrogen-bond donors (Lipinski definition) is 2. The van der Waals surface area contributed by atoms with Crippen LogP contribution in [0.3, 0.4) is 0 Å². The number of thiazole rings is 1. The minimum absolute atomic E-state index is 0.0553. The first kappa shape index (κ1) is 19.4. The van der Waals surface area contributed by atoms with Crippen LogP contribution in [0, 0.1) is 5.92 Å². The number of rotatable bonds is 5. The van der Waals surface area contributed by atoms with Gasteiger partial charge in [0, 0.05) is 13.1 Å². The van der Waals surface area contributed by atoms with Crippen molar-refractivity contribution in [2.45, 2.75) is 32.7 Å². The molecule has 27 heavy (non-hydrogen) atoms. The van der Waals surface area contributed by atoms with Crippen LogP contribution in [0.4, 0.5) is 9.93 Å². The molecule has 1 aromatic heterocycles. The third kappa shape index (κ3) is 3.84.